The molecule has 2 rings (SSSR count). The lowest BCUT2D eigenvalue weighted by molar-refractivity contribution is -0.127. The molecule has 1 fully saturated rings. The van der Waals surface area contributed by atoms with E-state index >= 15 is 0 Å². The monoisotopic (exact) mass is 259 g/mol. The van der Waals surface area contributed by atoms with Gasteiger partial charge in [-0.1, -0.05) is 51.1 Å². The maximum atomic E-state index is 11.9. The molecule has 1 aromatic carbocycles. The Hall–Kier alpha value is -1.64. The molecule has 1 aliphatic heterocycles. The summed E-state index contributed by atoms with van der Waals surface area (Å²) in [5.41, 5.74) is 1.04. The highest BCUT2D eigenvalue weighted by Crippen LogP contribution is 2.36. The zero-order valence-electron chi connectivity index (χ0n) is 11.8. The zero-order valence-corrected chi connectivity index (χ0v) is 11.8. The minimum Gasteiger partial charge on any atom is -0.352 e. The van der Waals surface area contributed by atoms with Gasteiger partial charge in [0, 0.05) is 18.4 Å². The van der Waals surface area contributed by atoms with Crippen molar-refractivity contribution in [3.05, 3.63) is 35.9 Å². The number of amides is 1. The Kier molecular flexibility index (Phi) is 3.74. The molecular formula is C16H21NO2. The number of carbonyl (C=O) groups excluding carboxylic acids is 2. The number of benzene rings is 1. The summed E-state index contributed by atoms with van der Waals surface area (Å²) in [5.74, 6) is -0.0680. The second-order valence-electron chi connectivity index (χ2n) is 6.35. The maximum Gasteiger partial charge on any atom is 0.227 e. The van der Waals surface area contributed by atoms with Crippen LogP contribution in [0.25, 0.3) is 0 Å². The van der Waals surface area contributed by atoms with Crippen molar-refractivity contribution in [2.45, 2.75) is 45.6 Å². The van der Waals surface area contributed by atoms with Crippen LogP contribution >= 0.6 is 0 Å². The minimum atomic E-state index is -0.150. The standard InChI is InChI=1S/C16H21NO2/c1-16(2,3)15-13(11-7-5-4-6-8-11)9-12(18)10-14(19)17-15/h4-8,13,15H,9-10H2,1-3H3,(H,17,19)/t13-,15-/m1/s1. The van der Waals surface area contributed by atoms with Crippen LogP contribution in [0.5, 0.6) is 0 Å². The highest BCUT2D eigenvalue weighted by atomic mass is 16.2. The molecule has 1 amide bonds. The lowest BCUT2D eigenvalue weighted by Gasteiger charge is -2.36. The molecule has 0 radical (unpaired) electrons. The first-order chi connectivity index (χ1) is 8.88. The Morgan fingerprint density at radius 1 is 1.11 bits per heavy atom. The highest BCUT2D eigenvalue weighted by molar-refractivity contribution is 5.99. The van der Waals surface area contributed by atoms with E-state index in [1.807, 2.05) is 30.3 Å². The molecule has 3 heteroatoms. The van der Waals surface area contributed by atoms with E-state index in [2.05, 4.69) is 26.1 Å². The molecule has 1 saturated heterocycles. The molecule has 0 spiro atoms. The van der Waals surface area contributed by atoms with Crippen molar-refractivity contribution in [1.82, 2.24) is 5.32 Å². The topological polar surface area (TPSA) is 46.2 Å². The largest absolute Gasteiger partial charge is 0.352 e. The van der Waals surface area contributed by atoms with Crippen molar-refractivity contribution < 1.29 is 9.59 Å². The fourth-order valence-electron chi connectivity index (χ4n) is 2.77. The van der Waals surface area contributed by atoms with Gasteiger partial charge in [0.25, 0.3) is 0 Å². The van der Waals surface area contributed by atoms with Crippen molar-refractivity contribution in [1.29, 1.82) is 0 Å². The van der Waals surface area contributed by atoms with Gasteiger partial charge in [0.2, 0.25) is 5.91 Å². The number of rotatable bonds is 1. The number of Topliss-reactive ketones (excluding diaryl/α,β-unsaturated/α-hetero) is 1. The first-order valence-corrected chi connectivity index (χ1v) is 6.74. The number of nitrogens with one attached hydrogen (secondary N) is 1. The van der Waals surface area contributed by atoms with Crippen LogP contribution in [0, 0.1) is 5.41 Å². The molecule has 1 N–H and O–H groups in total. The molecule has 3 nitrogen and oxygen atoms in total. The number of carbonyl (C=O) groups is 2. The van der Waals surface area contributed by atoms with Crippen LogP contribution in [0.2, 0.25) is 0 Å². The van der Waals surface area contributed by atoms with E-state index in [1.165, 1.54) is 0 Å². The van der Waals surface area contributed by atoms with E-state index in [4.69, 9.17) is 0 Å². The predicted octanol–water partition coefficient (Wildman–Crippen LogP) is 2.66. The van der Waals surface area contributed by atoms with Gasteiger partial charge in [-0.3, -0.25) is 9.59 Å². The van der Waals surface area contributed by atoms with Crippen LogP contribution in [0.3, 0.4) is 0 Å². The van der Waals surface area contributed by atoms with Gasteiger partial charge >= 0.3 is 0 Å². The summed E-state index contributed by atoms with van der Waals surface area (Å²) in [5, 5.41) is 3.04. The predicted molar refractivity (Wildman–Crippen MR) is 74.8 cm³/mol. The minimum absolute atomic E-state index is 0.00983. The molecule has 1 aromatic rings. The molecule has 1 heterocycles. The highest BCUT2D eigenvalue weighted by Gasteiger charge is 2.38. The van der Waals surface area contributed by atoms with Crippen LogP contribution in [0.15, 0.2) is 30.3 Å². The van der Waals surface area contributed by atoms with Crippen molar-refractivity contribution in [3.63, 3.8) is 0 Å². The zero-order chi connectivity index (χ0) is 14.0. The first kappa shape index (κ1) is 13.8. The number of hydrogen-bond donors (Lipinski definition) is 1. The van der Waals surface area contributed by atoms with Gasteiger partial charge in [-0.25, -0.2) is 0 Å². The van der Waals surface area contributed by atoms with Crippen LogP contribution in [-0.4, -0.2) is 17.7 Å². The van der Waals surface area contributed by atoms with Crippen molar-refractivity contribution in [3.8, 4) is 0 Å². The van der Waals surface area contributed by atoms with E-state index in [0.717, 1.165) is 5.56 Å². The summed E-state index contributed by atoms with van der Waals surface area (Å²) in [6.07, 6.45) is 0.445. The normalized spacial score (nSPS) is 24.8. The second kappa shape index (κ2) is 5.16. The third kappa shape index (κ3) is 3.22. The number of ketones is 1. The molecule has 0 aromatic heterocycles. The van der Waals surface area contributed by atoms with Crippen molar-refractivity contribution >= 4 is 11.7 Å². The van der Waals surface area contributed by atoms with Gasteiger partial charge in [-0.2, -0.15) is 0 Å². The van der Waals surface area contributed by atoms with Crippen LogP contribution in [0.1, 0.15) is 45.1 Å². The van der Waals surface area contributed by atoms with E-state index in [1.54, 1.807) is 0 Å². The molecular weight excluding hydrogens is 238 g/mol. The quantitative estimate of drug-likeness (QED) is 0.788. The third-order valence-corrected chi connectivity index (χ3v) is 3.68. The van der Waals surface area contributed by atoms with Crippen LogP contribution in [0.4, 0.5) is 0 Å². The van der Waals surface area contributed by atoms with Gasteiger partial charge in [0.15, 0.2) is 0 Å². The lowest BCUT2D eigenvalue weighted by atomic mass is 9.75. The Bertz CT molecular complexity index is 473. The summed E-state index contributed by atoms with van der Waals surface area (Å²) >= 11 is 0. The fourth-order valence-corrected chi connectivity index (χ4v) is 2.77. The van der Waals surface area contributed by atoms with Gasteiger partial charge in [-0.15, -0.1) is 0 Å². The van der Waals surface area contributed by atoms with E-state index in [9.17, 15) is 9.59 Å². The second-order valence-corrected chi connectivity index (χ2v) is 6.35. The molecule has 0 unspecified atom stereocenters. The van der Waals surface area contributed by atoms with E-state index in [-0.39, 0.29) is 35.5 Å². The Morgan fingerprint density at radius 2 is 1.74 bits per heavy atom. The fraction of sp³-hybridized carbons (Fsp3) is 0.500. The summed E-state index contributed by atoms with van der Waals surface area (Å²) in [4.78, 5) is 23.7. The molecule has 2 atom stereocenters. The maximum absolute atomic E-state index is 11.9. The van der Waals surface area contributed by atoms with Gasteiger partial charge in [0.1, 0.15) is 5.78 Å². The molecule has 0 saturated carbocycles. The molecule has 1 aliphatic rings. The van der Waals surface area contributed by atoms with Gasteiger partial charge < -0.3 is 5.32 Å². The van der Waals surface area contributed by atoms with E-state index < -0.39 is 0 Å². The Balaban J connectivity index is 2.40. The smallest absolute Gasteiger partial charge is 0.227 e. The Morgan fingerprint density at radius 3 is 2.32 bits per heavy atom. The molecule has 102 valence electrons. The average Bonchev–Trinajstić information content (AvgIpc) is 2.48. The van der Waals surface area contributed by atoms with E-state index in [0.29, 0.717) is 6.42 Å². The number of hydrogen-bond acceptors (Lipinski definition) is 2. The van der Waals surface area contributed by atoms with Gasteiger partial charge in [0.05, 0.1) is 6.42 Å². The summed E-state index contributed by atoms with van der Waals surface area (Å²) < 4.78 is 0. The van der Waals surface area contributed by atoms with Gasteiger partial charge in [-0.05, 0) is 11.0 Å². The third-order valence-electron chi connectivity index (χ3n) is 3.68. The summed E-state index contributed by atoms with van der Waals surface area (Å²) in [7, 11) is 0. The molecule has 19 heavy (non-hydrogen) atoms. The van der Waals surface area contributed by atoms with Crippen molar-refractivity contribution in [2.24, 2.45) is 5.41 Å². The summed E-state index contributed by atoms with van der Waals surface area (Å²) in [6, 6.07) is 9.97. The lowest BCUT2D eigenvalue weighted by Crippen LogP contribution is -2.46. The average molecular weight is 259 g/mol. The SMILES string of the molecule is CC(C)(C)[C@@H]1NC(=O)CC(=O)C[C@@H]1c1ccccc1. The Labute approximate surface area is 114 Å². The van der Waals surface area contributed by atoms with Crippen molar-refractivity contribution in [2.75, 3.05) is 0 Å². The summed E-state index contributed by atoms with van der Waals surface area (Å²) in [6.45, 7) is 6.30. The molecule has 0 bridgehead atoms. The van der Waals surface area contributed by atoms with Crippen LogP contribution < -0.4 is 5.32 Å². The first-order valence-electron chi connectivity index (χ1n) is 6.74. The van der Waals surface area contributed by atoms with Crippen LogP contribution in [-0.2, 0) is 9.59 Å². The molecule has 0 aliphatic carbocycles.